The molecule has 4 fully saturated rings. The molecule has 14 heteroatoms. The first-order valence-corrected chi connectivity index (χ1v) is 17.9. The van der Waals surface area contributed by atoms with Crippen molar-refractivity contribution in [2.24, 2.45) is 17.3 Å². The minimum atomic E-state index is -0.399. The highest BCUT2D eigenvalue weighted by molar-refractivity contribution is 7.17. The minimum absolute atomic E-state index is 0.186. The lowest BCUT2D eigenvalue weighted by Crippen LogP contribution is -2.65. The van der Waals surface area contributed by atoms with Crippen molar-refractivity contribution in [2.75, 3.05) is 43.5 Å². The Kier molecular flexibility index (Phi) is 8.38. The Morgan fingerprint density at radius 3 is 2.69 bits per heavy atom. The van der Waals surface area contributed by atoms with Gasteiger partial charge in [0.15, 0.2) is 5.82 Å². The molecule has 0 radical (unpaired) electrons. The van der Waals surface area contributed by atoms with Gasteiger partial charge in [-0.3, -0.25) is 4.90 Å². The van der Waals surface area contributed by atoms with Gasteiger partial charge in [0.25, 0.3) is 5.88 Å². The number of halogens is 1. The number of esters is 1. The third-order valence-corrected chi connectivity index (χ3v) is 11.4. The van der Waals surface area contributed by atoms with Crippen LogP contribution in [0.25, 0.3) is 11.1 Å². The number of hydrogen-bond donors (Lipinski definition) is 1. The number of carbonyl (C=O) groups is 1. The fourth-order valence-corrected chi connectivity index (χ4v) is 8.93. The summed E-state index contributed by atoms with van der Waals surface area (Å²) in [5, 5.41) is 13.2. The van der Waals surface area contributed by atoms with E-state index in [4.69, 9.17) is 9.47 Å². The average molecular weight is 686 g/mol. The van der Waals surface area contributed by atoms with Crippen molar-refractivity contribution in [3.63, 3.8) is 0 Å². The minimum Gasteiger partial charge on any atom is -0.464 e. The van der Waals surface area contributed by atoms with Gasteiger partial charge in [-0.25, -0.2) is 29.1 Å². The van der Waals surface area contributed by atoms with Crippen molar-refractivity contribution in [3.05, 3.63) is 59.8 Å². The SMILES string of the molecule is COC(=O)c1ncc(NC2CC([C@@H](C(C)C)N3CC4(CCN(c5ncnnc5Oc5ccc(F)cc5-c5cncnc5C5CC5)C4)C3)C2)s1. The Morgan fingerprint density at radius 2 is 1.92 bits per heavy atom. The van der Waals surface area contributed by atoms with Crippen LogP contribution in [0.5, 0.6) is 11.6 Å². The molecule has 1 aromatic carbocycles. The normalized spacial score (nSPS) is 22.1. The number of nitrogens with one attached hydrogen (secondary N) is 1. The molecule has 2 saturated heterocycles. The third-order valence-electron chi connectivity index (χ3n) is 10.5. The lowest BCUT2D eigenvalue weighted by molar-refractivity contribution is -0.0656. The van der Waals surface area contributed by atoms with Crippen LogP contribution >= 0.6 is 11.3 Å². The van der Waals surface area contributed by atoms with Crippen LogP contribution in [0.3, 0.4) is 0 Å². The molecule has 49 heavy (non-hydrogen) atoms. The van der Waals surface area contributed by atoms with E-state index < -0.39 is 5.97 Å². The molecule has 8 rings (SSSR count). The summed E-state index contributed by atoms with van der Waals surface area (Å²) in [4.78, 5) is 34.3. The number of thiazole rings is 1. The van der Waals surface area contributed by atoms with Gasteiger partial charge < -0.3 is 19.7 Å². The van der Waals surface area contributed by atoms with Gasteiger partial charge in [-0.15, -0.1) is 10.2 Å². The van der Waals surface area contributed by atoms with Crippen molar-refractivity contribution in [3.8, 4) is 22.8 Å². The number of rotatable bonds is 11. The Labute approximate surface area is 288 Å². The zero-order chi connectivity index (χ0) is 33.7. The van der Waals surface area contributed by atoms with Crippen molar-refractivity contribution in [2.45, 2.75) is 64.0 Å². The quantitative estimate of drug-likeness (QED) is 0.191. The summed E-state index contributed by atoms with van der Waals surface area (Å²) in [6.45, 7) is 8.47. The fourth-order valence-electron chi connectivity index (χ4n) is 8.12. The van der Waals surface area contributed by atoms with Gasteiger partial charge in [-0.2, -0.15) is 0 Å². The van der Waals surface area contributed by atoms with E-state index in [-0.39, 0.29) is 11.2 Å². The maximum absolute atomic E-state index is 14.6. The molecule has 2 saturated carbocycles. The number of ether oxygens (including phenoxy) is 2. The van der Waals surface area contributed by atoms with Crippen LogP contribution in [0.15, 0.2) is 43.2 Å². The molecule has 4 aliphatic rings. The van der Waals surface area contributed by atoms with E-state index in [0.717, 1.165) is 74.5 Å². The van der Waals surface area contributed by atoms with Gasteiger partial charge in [-0.05, 0) is 62.1 Å². The summed E-state index contributed by atoms with van der Waals surface area (Å²) >= 11 is 1.34. The first-order chi connectivity index (χ1) is 23.8. The summed E-state index contributed by atoms with van der Waals surface area (Å²) in [6.07, 6.45) is 11.8. The van der Waals surface area contributed by atoms with E-state index in [1.807, 2.05) is 0 Å². The Balaban J connectivity index is 0.920. The highest BCUT2D eigenvalue weighted by atomic mass is 32.1. The smallest absolute Gasteiger partial charge is 0.367 e. The molecule has 5 heterocycles. The summed E-state index contributed by atoms with van der Waals surface area (Å²) in [6, 6.07) is 5.40. The molecule has 2 aliphatic carbocycles. The van der Waals surface area contributed by atoms with Crippen molar-refractivity contribution >= 4 is 28.1 Å². The number of nitrogens with zero attached hydrogens (tertiary/aromatic N) is 8. The standard InChI is InChI=1S/C35H40FN9O3S/c1-20(2)30(22-10-24(11-22)42-28-14-38-33(49-28)34(46)47-3)45-16-35(17-45)8-9-44(15-35)31-32(43-41-19-40-31)48-27-7-6-23(36)12-25(27)26-13-37-18-39-29(26)21-4-5-21/h6-7,12-14,18-22,24,30,42H,4-5,8-11,15-17H2,1-3H3/t22?,24?,30-/m1/s1. The second kappa shape index (κ2) is 12.9. The number of likely N-dealkylation sites (tertiary alicyclic amines) is 1. The van der Waals surface area contributed by atoms with Crippen molar-refractivity contribution in [1.82, 2.24) is 35.0 Å². The van der Waals surface area contributed by atoms with Crippen LogP contribution in [-0.4, -0.2) is 86.4 Å². The van der Waals surface area contributed by atoms with Crippen LogP contribution in [-0.2, 0) is 4.74 Å². The molecule has 2 aliphatic heterocycles. The maximum Gasteiger partial charge on any atom is 0.367 e. The number of aromatic nitrogens is 6. The lowest BCUT2D eigenvalue weighted by atomic mass is 9.68. The molecule has 4 aromatic rings. The Hall–Kier alpha value is -4.30. The number of carbonyl (C=O) groups excluding carboxylic acids is 1. The predicted molar refractivity (Wildman–Crippen MR) is 182 cm³/mol. The molecule has 256 valence electrons. The topological polar surface area (TPSA) is 131 Å². The van der Waals surface area contributed by atoms with Crippen LogP contribution in [0, 0.1) is 23.1 Å². The fraction of sp³-hybridized carbons (Fsp3) is 0.514. The van der Waals surface area contributed by atoms with Gasteiger partial charge in [0.1, 0.15) is 29.2 Å². The highest BCUT2D eigenvalue weighted by Gasteiger charge is 2.53. The summed E-state index contributed by atoms with van der Waals surface area (Å²) in [5.41, 5.74) is 2.47. The Morgan fingerprint density at radius 1 is 1.08 bits per heavy atom. The summed E-state index contributed by atoms with van der Waals surface area (Å²) in [5.74, 6) is 2.19. The van der Waals surface area contributed by atoms with E-state index in [9.17, 15) is 9.18 Å². The number of anilines is 2. The molecule has 0 unspecified atom stereocenters. The van der Waals surface area contributed by atoms with Gasteiger partial charge in [0, 0.05) is 66.9 Å². The molecule has 1 atom stereocenters. The van der Waals surface area contributed by atoms with Gasteiger partial charge >= 0.3 is 5.97 Å². The molecule has 0 bridgehead atoms. The molecule has 3 aromatic heterocycles. The van der Waals surface area contributed by atoms with Gasteiger partial charge in [0.2, 0.25) is 5.01 Å². The molecular formula is C35H40FN9O3S. The van der Waals surface area contributed by atoms with Crippen LogP contribution < -0.4 is 15.0 Å². The first kappa shape index (κ1) is 31.9. The molecule has 12 nitrogen and oxygen atoms in total. The van der Waals surface area contributed by atoms with E-state index in [1.54, 1.807) is 24.8 Å². The van der Waals surface area contributed by atoms with Crippen LogP contribution in [0.2, 0.25) is 0 Å². The zero-order valence-electron chi connectivity index (χ0n) is 27.9. The van der Waals surface area contributed by atoms with E-state index in [2.05, 4.69) is 59.1 Å². The Bertz CT molecular complexity index is 1840. The number of hydrogen-bond acceptors (Lipinski definition) is 13. The molecule has 1 spiro atoms. The average Bonchev–Trinajstić information content (AvgIpc) is 3.65. The monoisotopic (exact) mass is 685 g/mol. The van der Waals surface area contributed by atoms with Crippen LogP contribution in [0.4, 0.5) is 15.2 Å². The number of benzene rings is 1. The summed E-state index contributed by atoms with van der Waals surface area (Å²) < 4.78 is 25.8. The zero-order valence-corrected chi connectivity index (χ0v) is 28.7. The van der Waals surface area contributed by atoms with E-state index in [0.29, 0.717) is 57.9 Å². The molecule has 0 amide bonds. The second-order valence-corrected chi connectivity index (χ2v) is 15.4. The largest absolute Gasteiger partial charge is 0.464 e. The molecular weight excluding hydrogens is 646 g/mol. The first-order valence-electron chi connectivity index (χ1n) is 17.0. The maximum atomic E-state index is 14.6. The lowest BCUT2D eigenvalue weighted by Gasteiger charge is -2.57. The van der Waals surface area contributed by atoms with E-state index in [1.165, 1.54) is 36.9 Å². The number of methoxy groups -OCH3 is 1. The predicted octanol–water partition coefficient (Wildman–Crippen LogP) is 5.81. The highest BCUT2D eigenvalue weighted by Crippen LogP contribution is 2.49. The van der Waals surface area contributed by atoms with Crippen molar-refractivity contribution in [1.29, 1.82) is 0 Å². The van der Waals surface area contributed by atoms with Gasteiger partial charge in [0.05, 0.1) is 19.0 Å². The third kappa shape index (κ3) is 6.31. The van der Waals surface area contributed by atoms with Crippen LogP contribution in [0.1, 0.15) is 67.4 Å². The second-order valence-electron chi connectivity index (χ2n) is 14.3. The van der Waals surface area contributed by atoms with Gasteiger partial charge in [-0.1, -0.05) is 25.2 Å². The summed E-state index contributed by atoms with van der Waals surface area (Å²) in [7, 11) is 1.37. The van der Waals surface area contributed by atoms with Crippen molar-refractivity contribution < 1.29 is 18.7 Å². The van der Waals surface area contributed by atoms with E-state index >= 15 is 0 Å². The molecule has 1 N–H and O–H groups in total.